The molecule has 4 rings (SSSR count). The predicted molar refractivity (Wildman–Crippen MR) is 122 cm³/mol. The summed E-state index contributed by atoms with van der Waals surface area (Å²) >= 11 is 0. The van der Waals surface area contributed by atoms with E-state index in [1.165, 1.54) is 7.11 Å². The Bertz CT molecular complexity index is 1160. The molecule has 0 amide bonds. The van der Waals surface area contributed by atoms with Gasteiger partial charge in [0.2, 0.25) is 0 Å². The number of esters is 1. The summed E-state index contributed by atoms with van der Waals surface area (Å²) in [6.45, 7) is 6.13. The van der Waals surface area contributed by atoms with Crippen LogP contribution in [0.15, 0.2) is 57.3 Å². The molecule has 0 unspecified atom stereocenters. The molecule has 1 aromatic heterocycles. The van der Waals surface area contributed by atoms with E-state index >= 15 is 0 Å². The summed E-state index contributed by atoms with van der Waals surface area (Å²) in [6, 6.07) is 9.46. The van der Waals surface area contributed by atoms with E-state index in [4.69, 9.17) is 18.6 Å². The molecule has 33 heavy (non-hydrogen) atoms. The smallest absolute Gasteiger partial charge is 0.336 e. The van der Waals surface area contributed by atoms with Crippen LogP contribution in [0.3, 0.4) is 0 Å². The number of ether oxygens (including phenoxy) is 3. The van der Waals surface area contributed by atoms with Crippen LogP contribution in [-0.2, 0) is 14.3 Å². The Kier molecular flexibility index (Phi) is 6.31. The fourth-order valence-corrected chi connectivity index (χ4v) is 4.76. The number of hydrogen-bond donors (Lipinski definition) is 1. The van der Waals surface area contributed by atoms with E-state index in [0.29, 0.717) is 53.6 Å². The summed E-state index contributed by atoms with van der Waals surface area (Å²) in [5.74, 6) is 1.49. The van der Waals surface area contributed by atoms with Crippen molar-refractivity contribution in [3.8, 4) is 11.5 Å². The van der Waals surface area contributed by atoms with E-state index in [2.05, 4.69) is 5.32 Å². The van der Waals surface area contributed by atoms with Crippen LogP contribution in [0.25, 0.3) is 0 Å². The second-order valence-electron chi connectivity index (χ2n) is 8.30. The van der Waals surface area contributed by atoms with E-state index in [-0.39, 0.29) is 11.7 Å². The molecule has 0 bridgehead atoms. The normalized spacial score (nSPS) is 20.3. The number of furan rings is 1. The largest absolute Gasteiger partial charge is 0.493 e. The highest BCUT2D eigenvalue weighted by Crippen LogP contribution is 2.46. The van der Waals surface area contributed by atoms with Gasteiger partial charge in [-0.2, -0.15) is 0 Å². The van der Waals surface area contributed by atoms with E-state index in [0.717, 1.165) is 17.0 Å². The van der Waals surface area contributed by atoms with E-state index < -0.39 is 11.9 Å². The summed E-state index contributed by atoms with van der Waals surface area (Å²) in [7, 11) is 2.95. The maximum absolute atomic E-state index is 13.5. The van der Waals surface area contributed by atoms with Crippen LogP contribution in [0.4, 0.5) is 0 Å². The van der Waals surface area contributed by atoms with Gasteiger partial charge in [-0.05, 0) is 62.9 Å². The highest BCUT2D eigenvalue weighted by Gasteiger charge is 2.42. The fraction of sp³-hybridized carbons (Fsp3) is 0.385. The molecule has 174 valence electrons. The zero-order valence-corrected chi connectivity index (χ0v) is 19.6. The first kappa shape index (κ1) is 22.7. The SMILES string of the molecule is CCOc1ccc([C@H]2CC(=O)C3=C(C2)NC(C)=C(C(=O)OC)[C@H]3c2ccc(C)o2)cc1OC. The van der Waals surface area contributed by atoms with Crippen molar-refractivity contribution in [3.63, 3.8) is 0 Å². The van der Waals surface area contributed by atoms with Crippen molar-refractivity contribution < 1.29 is 28.2 Å². The van der Waals surface area contributed by atoms with E-state index in [9.17, 15) is 9.59 Å². The number of aryl methyl sites for hydroxylation is 1. The molecule has 2 aliphatic rings. The first-order valence-corrected chi connectivity index (χ1v) is 11.1. The molecule has 0 spiro atoms. The predicted octanol–water partition coefficient (Wildman–Crippen LogP) is 4.53. The third kappa shape index (κ3) is 4.15. The number of rotatable bonds is 6. The molecule has 0 saturated heterocycles. The zero-order valence-electron chi connectivity index (χ0n) is 19.6. The Morgan fingerprint density at radius 2 is 1.91 bits per heavy atom. The molecule has 2 heterocycles. The molecule has 1 aliphatic heterocycles. The molecule has 0 saturated carbocycles. The van der Waals surface area contributed by atoms with Crippen LogP contribution < -0.4 is 14.8 Å². The van der Waals surface area contributed by atoms with Crippen molar-refractivity contribution in [2.75, 3.05) is 20.8 Å². The van der Waals surface area contributed by atoms with Crippen molar-refractivity contribution in [1.82, 2.24) is 5.32 Å². The van der Waals surface area contributed by atoms with Crippen LogP contribution in [0.1, 0.15) is 55.6 Å². The van der Waals surface area contributed by atoms with Gasteiger partial charge in [0.05, 0.1) is 32.3 Å². The van der Waals surface area contributed by atoms with Crippen molar-refractivity contribution in [2.45, 2.75) is 45.4 Å². The first-order valence-electron chi connectivity index (χ1n) is 11.1. The van der Waals surface area contributed by atoms with Gasteiger partial charge in [0.25, 0.3) is 0 Å². The Morgan fingerprint density at radius 3 is 2.55 bits per heavy atom. The Labute approximate surface area is 193 Å². The minimum absolute atomic E-state index is 0.0189. The molecule has 7 heteroatoms. The minimum atomic E-state index is -0.592. The molecule has 2 aromatic rings. The molecule has 1 N–H and O–H groups in total. The standard InChI is InChI=1S/C26H29NO6/c1-6-32-20-10-8-16(13-22(20)30-4)17-11-18-24(19(28)12-17)25(21-9-7-14(2)33-21)23(15(3)27-18)26(29)31-5/h7-10,13,17,25,27H,6,11-12H2,1-5H3/t17-,25-/m1/s1. The topological polar surface area (TPSA) is 87.0 Å². The first-order chi connectivity index (χ1) is 15.9. The number of carbonyl (C=O) groups excluding carboxylic acids is 2. The fourth-order valence-electron chi connectivity index (χ4n) is 4.76. The number of ketones is 1. The lowest BCUT2D eigenvalue weighted by Gasteiger charge is -2.35. The lowest BCUT2D eigenvalue weighted by molar-refractivity contribution is -0.136. The summed E-state index contributed by atoms with van der Waals surface area (Å²) in [4.78, 5) is 26.2. The van der Waals surface area contributed by atoms with Gasteiger partial charge in [0.1, 0.15) is 11.5 Å². The van der Waals surface area contributed by atoms with Crippen molar-refractivity contribution in [1.29, 1.82) is 0 Å². The second-order valence-corrected chi connectivity index (χ2v) is 8.30. The van der Waals surface area contributed by atoms with Gasteiger partial charge in [0, 0.05) is 23.4 Å². The molecule has 1 aromatic carbocycles. The van der Waals surface area contributed by atoms with Crippen LogP contribution in [-0.4, -0.2) is 32.6 Å². The molecule has 2 atom stereocenters. The maximum Gasteiger partial charge on any atom is 0.336 e. The number of benzene rings is 1. The number of carbonyl (C=O) groups is 2. The van der Waals surface area contributed by atoms with E-state index in [1.54, 1.807) is 7.11 Å². The minimum Gasteiger partial charge on any atom is -0.493 e. The van der Waals surface area contributed by atoms with Crippen LogP contribution in [0, 0.1) is 6.92 Å². The van der Waals surface area contributed by atoms with Gasteiger partial charge < -0.3 is 23.9 Å². The van der Waals surface area contributed by atoms with Crippen LogP contribution in [0.2, 0.25) is 0 Å². The Balaban J connectivity index is 1.74. The van der Waals surface area contributed by atoms with Gasteiger partial charge in [-0.1, -0.05) is 6.07 Å². The third-order valence-electron chi connectivity index (χ3n) is 6.24. The Morgan fingerprint density at radius 1 is 1.12 bits per heavy atom. The third-order valence-corrected chi connectivity index (χ3v) is 6.24. The van der Waals surface area contributed by atoms with Gasteiger partial charge in [0.15, 0.2) is 17.3 Å². The van der Waals surface area contributed by atoms with E-state index in [1.807, 2.05) is 51.1 Å². The average molecular weight is 452 g/mol. The average Bonchev–Trinajstić information content (AvgIpc) is 3.23. The number of hydrogen-bond acceptors (Lipinski definition) is 7. The van der Waals surface area contributed by atoms with Crippen LogP contribution in [0.5, 0.6) is 11.5 Å². The molecular weight excluding hydrogens is 422 g/mol. The Hall–Kier alpha value is -3.48. The van der Waals surface area contributed by atoms with Gasteiger partial charge in [-0.3, -0.25) is 4.79 Å². The van der Waals surface area contributed by atoms with Crippen molar-refractivity contribution in [3.05, 3.63) is 70.0 Å². The van der Waals surface area contributed by atoms with Gasteiger partial charge >= 0.3 is 5.97 Å². The van der Waals surface area contributed by atoms with Crippen molar-refractivity contribution in [2.24, 2.45) is 0 Å². The zero-order chi connectivity index (χ0) is 23.7. The summed E-state index contributed by atoms with van der Waals surface area (Å²) in [5, 5.41) is 3.32. The molecule has 7 nitrogen and oxygen atoms in total. The number of nitrogens with one attached hydrogen (secondary N) is 1. The molecule has 1 aliphatic carbocycles. The van der Waals surface area contributed by atoms with Crippen LogP contribution >= 0.6 is 0 Å². The monoisotopic (exact) mass is 451 g/mol. The number of Topliss-reactive ketones (excluding diaryl/α,β-unsaturated/α-hetero) is 1. The lowest BCUT2D eigenvalue weighted by atomic mass is 9.73. The maximum atomic E-state index is 13.5. The summed E-state index contributed by atoms with van der Waals surface area (Å²) in [5.41, 5.74) is 3.46. The molecule has 0 radical (unpaired) electrons. The number of methoxy groups -OCH3 is 2. The molecular formula is C26H29NO6. The highest BCUT2D eigenvalue weighted by atomic mass is 16.5. The molecule has 0 fully saturated rings. The number of dihydropyridines is 1. The second kappa shape index (κ2) is 9.17. The van der Waals surface area contributed by atoms with Gasteiger partial charge in [-0.15, -0.1) is 0 Å². The summed E-state index contributed by atoms with van der Waals surface area (Å²) < 4.78 is 22.1. The van der Waals surface area contributed by atoms with Crippen molar-refractivity contribution >= 4 is 11.8 Å². The number of allylic oxidation sites excluding steroid dienone is 3. The highest BCUT2D eigenvalue weighted by molar-refractivity contribution is 6.04. The van der Waals surface area contributed by atoms with Gasteiger partial charge in [-0.25, -0.2) is 4.79 Å². The lowest BCUT2D eigenvalue weighted by Crippen LogP contribution is -2.35. The quantitative estimate of drug-likeness (QED) is 0.646. The summed E-state index contributed by atoms with van der Waals surface area (Å²) in [6.07, 6.45) is 0.946.